The van der Waals surface area contributed by atoms with Crippen LogP contribution in [0.25, 0.3) is 11.0 Å². The largest absolute Gasteiger partial charge is 1.00 e. The summed E-state index contributed by atoms with van der Waals surface area (Å²) in [6.45, 7) is 8.10. The van der Waals surface area contributed by atoms with E-state index in [4.69, 9.17) is 4.98 Å². The third kappa shape index (κ3) is 2.34. The van der Waals surface area contributed by atoms with Crippen LogP contribution in [0.2, 0.25) is 0 Å². The van der Waals surface area contributed by atoms with E-state index in [1.807, 2.05) is 18.2 Å². The highest BCUT2D eigenvalue weighted by molar-refractivity contribution is 9.10. The molecule has 1 aromatic heterocycles. The summed E-state index contributed by atoms with van der Waals surface area (Å²) in [5.74, 6) is 0. The van der Waals surface area contributed by atoms with Crippen LogP contribution in [0.15, 0.2) is 22.7 Å². The van der Waals surface area contributed by atoms with Gasteiger partial charge in [-0.25, -0.2) is 4.98 Å². The molecule has 0 saturated carbocycles. The topological polar surface area (TPSA) is 39.8 Å². The fraction of sp³-hybridized carbons (Fsp3) is 0.429. The molecular weight excluding hydrogens is 386 g/mol. The lowest BCUT2D eigenvalue weighted by atomic mass is 10.2. The van der Waals surface area contributed by atoms with Crippen molar-refractivity contribution in [2.24, 2.45) is 0 Å². The van der Waals surface area contributed by atoms with Crippen LogP contribution in [-0.2, 0) is 13.1 Å². The Balaban J connectivity index is 0.00000147. The first kappa shape index (κ1) is 15.7. The molecule has 0 saturated heterocycles. The average Bonchev–Trinajstić information content (AvgIpc) is 2.80. The molecule has 4 nitrogen and oxygen atoms in total. The van der Waals surface area contributed by atoms with Gasteiger partial charge < -0.3 is 26.7 Å². The highest BCUT2D eigenvalue weighted by Gasteiger charge is 2.40. The Labute approximate surface area is 137 Å². The average molecular weight is 403 g/mol. The Bertz CT molecular complexity index is 656. The molecule has 0 spiro atoms. The van der Waals surface area contributed by atoms with Crippen molar-refractivity contribution in [2.45, 2.75) is 26.9 Å². The third-order valence-electron chi connectivity index (χ3n) is 4.30. The van der Waals surface area contributed by atoms with Gasteiger partial charge in [0.05, 0.1) is 13.1 Å². The standard InChI is InChI=1S/C14H17BrN3O.BrH/c1-3-18(4-2)8-12-14(9-18)17(19)13-7-10(15)5-6-11(13)16-12;/h5-7H,3-4,8-9H2,1-2H3;1H/q+1;/p-1. The Morgan fingerprint density at radius 2 is 2.00 bits per heavy atom. The first-order chi connectivity index (χ1) is 9.08. The van der Waals surface area contributed by atoms with E-state index >= 15 is 0 Å². The maximum Gasteiger partial charge on any atom is 0.275 e. The van der Waals surface area contributed by atoms with Gasteiger partial charge in [-0.3, -0.25) is 0 Å². The van der Waals surface area contributed by atoms with Crippen LogP contribution in [0.3, 0.4) is 0 Å². The van der Waals surface area contributed by atoms with Crippen molar-refractivity contribution >= 4 is 27.0 Å². The number of hydrogen-bond donors (Lipinski definition) is 0. The van der Waals surface area contributed by atoms with Gasteiger partial charge in [-0.05, 0) is 26.0 Å². The quantitative estimate of drug-likeness (QED) is 0.386. The lowest BCUT2D eigenvalue weighted by Crippen LogP contribution is -3.00. The number of aromatic nitrogens is 2. The molecule has 3 rings (SSSR count). The Morgan fingerprint density at radius 3 is 2.65 bits per heavy atom. The predicted octanol–water partition coefficient (Wildman–Crippen LogP) is -0.495. The van der Waals surface area contributed by atoms with E-state index in [1.54, 1.807) is 0 Å². The van der Waals surface area contributed by atoms with Crippen molar-refractivity contribution in [3.8, 4) is 0 Å². The molecule has 2 aromatic rings. The summed E-state index contributed by atoms with van der Waals surface area (Å²) in [6.07, 6.45) is 0. The maximum absolute atomic E-state index is 12.5. The summed E-state index contributed by atoms with van der Waals surface area (Å²) in [5, 5.41) is 12.5. The summed E-state index contributed by atoms with van der Waals surface area (Å²) >= 11 is 3.41. The zero-order valence-corrected chi connectivity index (χ0v) is 14.7. The van der Waals surface area contributed by atoms with Crippen molar-refractivity contribution in [2.75, 3.05) is 13.1 Å². The molecule has 0 atom stereocenters. The van der Waals surface area contributed by atoms with Crippen LogP contribution in [0, 0.1) is 5.21 Å². The minimum absolute atomic E-state index is 0. The number of nitrogens with zero attached hydrogens (tertiary/aromatic N) is 3. The molecule has 1 aliphatic rings. The van der Waals surface area contributed by atoms with Crippen molar-refractivity contribution < 1.29 is 26.2 Å². The van der Waals surface area contributed by atoms with Crippen molar-refractivity contribution in [3.63, 3.8) is 0 Å². The second-order valence-corrected chi connectivity index (χ2v) is 6.14. The number of fused-ring (bicyclic) bond motifs is 2. The molecule has 0 amide bonds. The molecule has 0 fully saturated rings. The number of benzene rings is 1. The molecule has 0 radical (unpaired) electrons. The monoisotopic (exact) mass is 401 g/mol. The van der Waals surface area contributed by atoms with Gasteiger partial charge in [0.1, 0.15) is 12.1 Å². The number of quaternary nitrogens is 1. The van der Waals surface area contributed by atoms with Gasteiger partial charge in [0.15, 0.2) is 12.2 Å². The zero-order valence-electron chi connectivity index (χ0n) is 11.6. The van der Waals surface area contributed by atoms with E-state index in [1.165, 1.54) is 0 Å². The number of rotatable bonds is 2. The first-order valence-electron chi connectivity index (χ1n) is 6.64. The molecule has 6 heteroatoms. The van der Waals surface area contributed by atoms with E-state index in [2.05, 4.69) is 29.8 Å². The smallest absolute Gasteiger partial charge is 0.275 e. The molecule has 20 heavy (non-hydrogen) atoms. The SMILES string of the molecule is CC[N+]1(CC)Cc2nc3ccc(Br)cc3[n+]([O-])c2C1.[Br-]. The van der Waals surface area contributed by atoms with Crippen LogP contribution in [0.1, 0.15) is 25.2 Å². The first-order valence-corrected chi connectivity index (χ1v) is 7.43. The molecule has 0 aliphatic carbocycles. The molecule has 0 N–H and O–H groups in total. The second kappa shape index (κ2) is 5.58. The summed E-state index contributed by atoms with van der Waals surface area (Å²) in [6, 6.07) is 5.68. The summed E-state index contributed by atoms with van der Waals surface area (Å²) in [7, 11) is 0. The molecule has 0 bridgehead atoms. The van der Waals surface area contributed by atoms with Gasteiger partial charge in [-0.2, -0.15) is 4.73 Å². The third-order valence-corrected chi connectivity index (χ3v) is 4.80. The van der Waals surface area contributed by atoms with Gasteiger partial charge in [-0.15, -0.1) is 0 Å². The van der Waals surface area contributed by atoms with E-state index in [-0.39, 0.29) is 17.0 Å². The summed E-state index contributed by atoms with van der Waals surface area (Å²) in [4.78, 5) is 4.69. The van der Waals surface area contributed by atoms with Gasteiger partial charge >= 0.3 is 0 Å². The number of hydrogen-bond acceptors (Lipinski definition) is 2. The molecular formula is C14H17Br2N3O. The van der Waals surface area contributed by atoms with Crippen LogP contribution < -0.4 is 21.7 Å². The minimum Gasteiger partial charge on any atom is -1.00 e. The van der Waals surface area contributed by atoms with Crippen molar-refractivity contribution in [1.82, 2.24) is 4.98 Å². The lowest BCUT2D eigenvalue weighted by molar-refractivity contribution is -0.947. The zero-order chi connectivity index (χ0) is 13.6. The Morgan fingerprint density at radius 1 is 1.30 bits per heavy atom. The molecule has 108 valence electrons. The van der Waals surface area contributed by atoms with Crippen molar-refractivity contribution in [3.05, 3.63) is 39.3 Å². The predicted molar refractivity (Wildman–Crippen MR) is 77.2 cm³/mol. The van der Waals surface area contributed by atoms with Crippen LogP contribution in [-0.4, -0.2) is 22.6 Å². The van der Waals surface area contributed by atoms with E-state index in [9.17, 15) is 5.21 Å². The van der Waals surface area contributed by atoms with Crippen LogP contribution >= 0.6 is 15.9 Å². The van der Waals surface area contributed by atoms with Crippen LogP contribution in [0.4, 0.5) is 0 Å². The second-order valence-electron chi connectivity index (χ2n) is 5.22. The van der Waals surface area contributed by atoms with E-state index in [0.29, 0.717) is 5.52 Å². The van der Waals surface area contributed by atoms with Gasteiger partial charge in [0.25, 0.3) is 5.69 Å². The fourth-order valence-corrected chi connectivity index (χ4v) is 3.22. The Kier molecular flexibility index (Phi) is 4.37. The normalized spacial score (nSPS) is 15.9. The molecule has 2 heterocycles. The molecule has 1 aromatic carbocycles. The van der Waals surface area contributed by atoms with Crippen molar-refractivity contribution in [1.29, 1.82) is 0 Å². The lowest BCUT2D eigenvalue weighted by Gasteiger charge is -2.30. The summed E-state index contributed by atoms with van der Waals surface area (Å²) < 4.78 is 2.92. The number of halogens is 2. The molecule has 0 unspecified atom stereocenters. The van der Waals surface area contributed by atoms with Gasteiger partial charge in [0.2, 0.25) is 5.52 Å². The minimum atomic E-state index is 0. The van der Waals surface area contributed by atoms with Crippen LogP contribution in [0.5, 0.6) is 0 Å². The Hall–Kier alpha value is -0.720. The highest BCUT2D eigenvalue weighted by Crippen LogP contribution is 2.28. The van der Waals surface area contributed by atoms with E-state index < -0.39 is 0 Å². The fourth-order valence-electron chi connectivity index (χ4n) is 2.87. The highest BCUT2D eigenvalue weighted by atomic mass is 79.9. The molecule has 1 aliphatic heterocycles. The summed E-state index contributed by atoms with van der Waals surface area (Å²) in [5.41, 5.74) is 3.24. The van der Waals surface area contributed by atoms with Gasteiger partial charge in [0, 0.05) is 10.5 Å². The van der Waals surface area contributed by atoms with E-state index in [0.717, 1.165) is 56.8 Å². The maximum atomic E-state index is 12.5. The van der Waals surface area contributed by atoms with Gasteiger partial charge in [-0.1, -0.05) is 15.9 Å².